The number of aryl methyl sites for hydroxylation is 1. The van der Waals surface area contributed by atoms with Gasteiger partial charge in [-0.05, 0) is 56.2 Å². The van der Waals surface area contributed by atoms with Gasteiger partial charge in [0.2, 0.25) is 0 Å². The molecule has 6 heteroatoms. The molecule has 1 aromatic carbocycles. The number of Topliss-reactive ketones (excluding diaryl/α,β-unsaturated/α-hetero) is 1. The van der Waals surface area contributed by atoms with Crippen molar-refractivity contribution in [2.45, 2.75) is 63.9 Å². The monoisotopic (exact) mass is 375 g/mol. The Kier molecular flexibility index (Phi) is 5.92. The standard InChI is InChI=1S/C21H26FNO4/c1-2-23-20(26)17-8-7-14(11-18(17)22)9-10-21(15-5-3-4-6-15)13-16(24)12-19(25)27-21/h7-8,11,15H,2-6,9-10,12-13H2,1H3,(H,23,26). The zero-order valence-corrected chi connectivity index (χ0v) is 15.7. The Morgan fingerprint density at radius 2 is 2.04 bits per heavy atom. The summed E-state index contributed by atoms with van der Waals surface area (Å²) < 4.78 is 20.1. The van der Waals surface area contributed by atoms with Crippen LogP contribution in [0.25, 0.3) is 0 Å². The van der Waals surface area contributed by atoms with Crippen LogP contribution in [-0.4, -0.2) is 29.8 Å². The number of benzene rings is 1. The largest absolute Gasteiger partial charge is 0.458 e. The van der Waals surface area contributed by atoms with Gasteiger partial charge in [0.15, 0.2) is 0 Å². The SMILES string of the molecule is CCNC(=O)c1ccc(CCC2(C3CCCC3)CC(=O)CC(=O)O2)cc1F. The summed E-state index contributed by atoms with van der Waals surface area (Å²) in [6.07, 6.45) is 5.14. The van der Waals surface area contributed by atoms with E-state index in [-0.39, 0.29) is 30.1 Å². The number of esters is 1. The summed E-state index contributed by atoms with van der Waals surface area (Å²) in [6.45, 7) is 2.21. The molecule has 3 rings (SSSR count). The second-order valence-electron chi connectivity index (χ2n) is 7.59. The van der Waals surface area contributed by atoms with Gasteiger partial charge in [0.25, 0.3) is 5.91 Å². The van der Waals surface area contributed by atoms with Gasteiger partial charge in [-0.15, -0.1) is 0 Å². The summed E-state index contributed by atoms with van der Waals surface area (Å²) in [4.78, 5) is 35.9. The smallest absolute Gasteiger partial charge is 0.313 e. The number of rotatable bonds is 6. The minimum atomic E-state index is -0.766. The number of cyclic esters (lactones) is 1. The number of amides is 1. The quantitative estimate of drug-likeness (QED) is 0.611. The zero-order chi connectivity index (χ0) is 19.4. The van der Waals surface area contributed by atoms with Crippen molar-refractivity contribution < 1.29 is 23.5 Å². The van der Waals surface area contributed by atoms with Crippen LogP contribution in [0.1, 0.15) is 67.8 Å². The summed E-state index contributed by atoms with van der Waals surface area (Å²) in [5, 5.41) is 2.58. The van der Waals surface area contributed by atoms with Gasteiger partial charge in [-0.25, -0.2) is 4.39 Å². The molecule has 1 heterocycles. The normalized spacial score (nSPS) is 23.3. The Morgan fingerprint density at radius 1 is 1.30 bits per heavy atom. The topological polar surface area (TPSA) is 72.5 Å². The van der Waals surface area contributed by atoms with Gasteiger partial charge >= 0.3 is 5.97 Å². The van der Waals surface area contributed by atoms with Crippen molar-refractivity contribution in [1.29, 1.82) is 0 Å². The Hall–Kier alpha value is -2.24. The average molecular weight is 375 g/mol. The molecule has 1 aliphatic carbocycles. The summed E-state index contributed by atoms with van der Waals surface area (Å²) >= 11 is 0. The lowest BCUT2D eigenvalue weighted by molar-refractivity contribution is -0.178. The van der Waals surface area contributed by atoms with E-state index in [1.165, 1.54) is 12.1 Å². The van der Waals surface area contributed by atoms with Gasteiger partial charge in [-0.2, -0.15) is 0 Å². The van der Waals surface area contributed by atoms with E-state index < -0.39 is 23.3 Å². The average Bonchev–Trinajstić information content (AvgIpc) is 3.15. The summed E-state index contributed by atoms with van der Waals surface area (Å²) in [5.74, 6) is -1.34. The first-order valence-corrected chi connectivity index (χ1v) is 9.73. The van der Waals surface area contributed by atoms with Crippen molar-refractivity contribution >= 4 is 17.7 Å². The number of carbonyl (C=O) groups is 3. The lowest BCUT2D eigenvalue weighted by Gasteiger charge is -2.41. The third-order valence-corrected chi connectivity index (χ3v) is 5.71. The highest BCUT2D eigenvalue weighted by Crippen LogP contribution is 2.43. The molecule has 1 saturated carbocycles. The first kappa shape index (κ1) is 19.5. The zero-order valence-electron chi connectivity index (χ0n) is 15.7. The fourth-order valence-corrected chi connectivity index (χ4v) is 4.39. The lowest BCUT2D eigenvalue weighted by Crippen LogP contribution is -2.48. The molecule has 0 radical (unpaired) electrons. The maximum absolute atomic E-state index is 14.3. The molecule has 1 aliphatic heterocycles. The first-order chi connectivity index (χ1) is 12.9. The van der Waals surface area contributed by atoms with E-state index >= 15 is 0 Å². The molecular formula is C21H26FNO4. The van der Waals surface area contributed by atoms with Crippen LogP contribution in [0.15, 0.2) is 18.2 Å². The van der Waals surface area contributed by atoms with Gasteiger partial charge < -0.3 is 10.1 Å². The summed E-state index contributed by atoms with van der Waals surface area (Å²) in [5.41, 5.74) is -0.0187. The van der Waals surface area contributed by atoms with Crippen molar-refractivity contribution in [2.75, 3.05) is 6.54 Å². The molecule has 1 amide bonds. The molecule has 1 saturated heterocycles. The van der Waals surface area contributed by atoms with Gasteiger partial charge in [0.05, 0.1) is 5.56 Å². The molecule has 1 atom stereocenters. The molecule has 0 spiro atoms. The number of ketones is 1. The number of hydrogen-bond acceptors (Lipinski definition) is 4. The maximum atomic E-state index is 14.3. The van der Waals surface area contributed by atoms with Crippen molar-refractivity contribution in [3.05, 3.63) is 35.1 Å². The van der Waals surface area contributed by atoms with E-state index in [4.69, 9.17) is 4.74 Å². The van der Waals surface area contributed by atoms with Crippen molar-refractivity contribution in [3.63, 3.8) is 0 Å². The highest BCUT2D eigenvalue weighted by atomic mass is 19.1. The fourth-order valence-electron chi connectivity index (χ4n) is 4.39. The van der Waals surface area contributed by atoms with Gasteiger partial charge in [0, 0.05) is 13.0 Å². The van der Waals surface area contributed by atoms with Crippen LogP contribution in [0.5, 0.6) is 0 Å². The van der Waals surface area contributed by atoms with Crippen molar-refractivity contribution in [1.82, 2.24) is 5.32 Å². The predicted octanol–water partition coefficient (Wildman–Crippen LogP) is 3.34. The van der Waals surface area contributed by atoms with Crippen LogP contribution in [0.3, 0.4) is 0 Å². The Balaban J connectivity index is 1.75. The summed E-state index contributed by atoms with van der Waals surface area (Å²) in [6, 6.07) is 4.57. The number of halogens is 1. The highest BCUT2D eigenvalue weighted by Gasteiger charge is 2.47. The molecule has 2 fully saturated rings. The van der Waals surface area contributed by atoms with E-state index in [9.17, 15) is 18.8 Å². The third-order valence-electron chi connectivity index (χ3n) is 5.71. The number of nitrogens with one attached hydrogen (secondary N) is 1. The van der Waals surface area contributed by atoms with E-state index in [1.54, 1.807) is 13.0 Å². The van der Waals surface area contributed by atoms with Crippen LogP contribution >= 0.6 is 0 Å². The van der Waals surface area contributed by atoms with Crippen LogP contribution in [0, 0.1) is 11.7 Å². The number of carbonyl (C=O) groups excluding carboxylic acids is 3. The van der Waals surface area contributed by atoms with E-state index in [0.29, 0.717) is 19.4 Å². The molecule has 1 aromatic rings. The molecule has 0 aromatic heterocycles. The lowest BCUT2D eigenvalue weighted by atomic mass is 9.76. The number of hydrogen-bond donors (Lipinski definition) is 1. The van der Waals surface area contributed by atoms with Crippen LogP contribution in [0.2, 0.25) is 0 Å². The van der Waals surface area contributed by atoms with E-state index in [0.717, 1.165) is 31.2 Å². The Labute approximate surface area is 158 Å². The van der Waals surface area contributed by atoms with Crippen molar-refractivity contribution in [3.8, 4) is 0 Å². The van der Waals surface area contributed by atoms with E-state index in [1.807, 2.05) is 0 Å². The number of ether oxygens (including phenoxy) is 1. The Morgan fingerprint density at radius 3 is 2.67 bits per heavy atom. The first-order valence-electron chi connectivity index (χ1n) is 9.73. The van der Waals surface area contributed by atoms with Crippen LogP contribution < -0.4 is 5.32 Å². The molecule has 1 unspecified atom stereocenters. The molecule has 146 valence electrons. The van der Waals surface area contributed by atoms with E-state index in [2.05, 4.69) is 5.32 Å². The molecule has 5 nitrogen and oxygen atoms in total. The molecule has 27 heavy (non-hydrogen) atoms. The van der Waals surface area contributed by atoms with Gasteiger partial charge in [-0.3, -0.25) is 14.4 Å². The Bertz CT molecular complexity index is 724. The summed E-state index contributed by atoms with van der Waals surface area (Å²) in [7, 11) is 0. The van der Waals surface area contributed by atoms with Crippen LogP contribution in [-0.2, 0) is 20.7 Å². The maximum Gasteiger partial charge on any atom is 0.313 e. The van der Waals surface area contributed by atoms with Gasteiger partial charge in [0.1, 0.15) is 23.6 Å². The molecule has 2 aliphatic rings. The molecule has 1 N–H and O–H groups in total. The second kappa shape index (κ2) is 8.19. The highest BCUT2D eigenvalue weighted by molar-refractivity contribution is 5.98. The molecule has 0 bridgehead atoms. The predicted molar refractivity (Wildman–Crippen MR) is 97.8 cm³/mol. The second-order valence-corrected chi connectivity index (χ2v) is 7.59. The third kappa shape index (κ3) is 4.37. The van der Waals surface area contributed by atoms with Gasteiger partial charge in [-0.1, -0.05) is 18.9 Å². The minimum Gasteiger partial charge on any atom is -0.458 e. The van der Waals surface area contributed by atoms with Crippen molar-refractivity contribution in [2.24, 2.45) is 5.92 Å². The minimum absolute atomic E-state index is 0.0189. The molecular weight excluding hydrogens is 349 g/mol. The fraction of sp³-hybridized carbons (Fsp3) is 0.571. The van der Waals surface area contributed by atoms with Crippen LogP contribution in [0.4, 0.5) is 4.39 Å².